The second-order valence-electron chi connectivity index (χ2n) is 7.14. The fourth-order valence-corrected chi connectivity index (χ4v) is 2.67. The van der Waals surface area contributed by atoms with Gasteiger partial charge in [-0.2, -0.15) is 0 Å². The van der Waals surface area contributed by atoms with Gasteiger partial charge in [0.25, 0.3) is 5.91 Å². The number of phenolic OH excluding ortho intramolecular Hbond substituents is 1. The number of nitrogens with one attached hydrogen (secondary N) is 1. The van der Waals surface area contributed by atoms with Gasteiger partial charge in [-0.25, -0.2) is 0 Å². The van der Waals surface area contributed by atoms with E-state index in [1.54, 1.807) is 4.90 Å². The lowest BCUT2D eigenvalue weighted by molar-refractivity contribution is -0.124. The van der Waals surface area contributed by atoms with E-state index in [1.807, 2.05) is 25.7 Å². The molecular formula is C17H26N4O3. The van der Waals surface area contributed by atoms with Crippen LogP contribution in [-0.2, 0) is 4.79 Å². The van der Waals surface area contributed by atoms with E-state index < -0.39 is 0 Å². The lowest BCUT2D eigenvalue weighted by Crippen LogP contribution is -2.52. The number of nitrogens with two attached hydrogens (primary N) is 1. The minimum Gasteiger partial charge on any atom is -0.508 e. The number of amides is 2. The molecule has 7 nitrogen and oxygen atoms in total. The van der Waals surface area contributed by atoms with E-state index in [-0.39, 0.29) is 23.1 Å². The molecule has 1 fully saturated rings. The highest BCUT2D eigenvalue weighted by Crippen LogP contribution is 2.20. The van der Waals surface area contributed by atoms with Crippen molar-refractivity contribution in [2.45, 2.75) is 26.3 Å². The Morgan fingerprint density at radius 2 is 1.83 bits per heavy atom. The van der Waals surface area contributed by atoms with Crippen LogP contribution in [0.3, 0.4) is 0 Å². The molecule has 0 bridgehead atoms. The molecule has 1 aromatic carbocycles. The highest BCUT2D eigenvalue weighted by molar-refractivity contribution is 5.99. The summed E-state index contributed by atoms with van der Waals surface area (Å²) in [5.74, 6) is -0.188. The summed E-state index contributed by atoms with van der Waals surface area (Å²) in [5.41, 5.74) is 6.24. The fourth-order valence-electron chi connectivity index (χ4n) is 2.67. The van der Waals surface area contributed by atoms with E-state index in [0.717, 1.165) is 0 Å². The van der Waals surface area contributed by atoms with Crippen LogP contribution < -0.4 is 11.1 Å². The number of piperazine rings is 1. The van der Waals surface area contributed by atoms with E-state index in [1.165, 1.54) is 18.2 Å². The molecule has 1 heterocycles. The van der Waals surface area contributed by atoms with Crippen LogP contribution in [0.25, 0.3) is 0 Å². The van der Waals surface area contributed by atoms with Crippen molar-refractivity contribution in [3.8, 4) is 5.75 Å². The summed E-state index contributed by atoms with van der Waals surface area (Å²) in [4.78, 5) is 28.2. The Balaban J connectivity index is 1.89. The number of anilines is 1. The molecule has 1 saturated heterocycles. The Morgan fingerprint density at radius 1 is 1.21 bits per heavy atom. The highest BCUT2D eigenvalue weighted by atomic mass is 16.3. The van der Waals surface area contributed by atoms with E-state index in [4.69, 9.17) is 5.73 Å². The molecule has 0 unspecified atom stereocenters. The Labute approximate surface area is 142 Å². The summed E-state index contributed by atoms with van der Waals surface area (Å²) < 4.78 is 0. The van der Waals surface area contributed by atoms with Crippen molar-refractivity contribution < 1.29 is 14.7 Å². The molecule has 0 radical (unpaired) electrons. The van der Waals surface area contributed by atoms with Crippen molar-refractivity contribution in [3.05, 3.63) is 23.8 Å². The molecule has 2 rings (SSSR count). The Bertz CT molecular complexity index is 617. The number of nitrogens with zero attached hydrogens (tertiary/aromatic N) is 2. The van der Waals surface area contributed by atoms with Crippen molar-refractivity contribution in [2.24, 2.45) is 0 Å². The van der Waals surface area contributed by atoms with Gasteiger partial charge in [-0.15, -0.1) is 0 Å². The van der Waals surface area contributed by atoms with Gasteiger partial charge in [0.05, 0.1) is 12.1 Å². The minimum absolute atomic E-state index is 0.0143. The van der Waals surface area contributed by atoms with Crippen molar-refractivity contribution in [3.63, 3.8) is 0 Å². The van der Waals surface area contributed by atoms with Gasteiger partial charge in [0, 0.05) is 37.4 Å². The number of aromatic hydroxyl groups is 1. The zero-order valence-electron chi connectivity index (χ0n) is 14.5. The maximum Gasteiger partial charge on any atom is 0.256 e. The van der Waals surface area contributed by atoms with E-state index >= 15 is 0 Å². The minimum atomic E-state index is -0.248. The number of benzene rings is 1. The van der Waals surface area contributed by atoms with Crippen LogP contribution in [0.15, 0.2) is 18.2 Å². The second-order valence-corrected chi connectivity index (χ2v) is 7.14. The lowest BCUT2D eigenvalue weighted by atomic mass is 10.1. The first-order valence-corrected chi connectivity index (χ1v) is 8.07. The number of hydrogen-bond donors (Lipinski definition) is 3. The summed E-state index contributed by atoms with van der Waals surface area (Å²) in [6.45, 7) is 8.47. The SMILES string of the molecule is CC(C)(C)NC(=O)CN1CCN(C(=O)c2cc(O)ccc2N)CC1. The van der Waals surface area contributed by atoms with E-state index in [9.17, 15) is 14.7 Å². The topological polar surface area (TPSA) is 98.9 Å². The molecule has 0 aliphatic carbocycles. The van der Waals surface area contributed by atoms with Crippen molar-refractivity contribution in [1.29, 1.82) is 0 Å². The Kier molecular flexibility index (Phi) is 5.33. The largest absolute Gasteiger partial charge is 0.508 e. The predicted molar refractivity (Wildman–Crippen MR) is 92.8 cm³/mol. The maximum absolute atomic E-state index is 12.5. The first-order valence-electron chi connectivity index (χ1n) is 8.07. The fraction of sp³-hybridized carbons (Fsp3) is 0.529. The third-order valence-corrected chi connectivity index (χ3v) is 3.81. The smallest absolute Gasteiger partial charge is 0.256 e. The normalized spacial score (nSPS) is 16.0. The van der Waals surface area contributed by atoms with Gasteiger partial charge in [-0.1, -0.05) is 0 Å². The first kappa shape index (κ1) is 18.1. The molecule has 24 heavy (non-hydrogen) atoms. The van der Waals surface area contributed by atoms with Crippen LogP contribution in [0.4, 0.5) is 5.69 Å². The van der Waals surface area contributed by atoms with E-state index in [2.05, 4.69) is 5.32 Å². The van der Waals surface area contributed by atoms with Crippen LogP contribution in [0.2, 0.25) is 0 Å². The number of nitrogen functional groups attached to an aromatic ring is 1. The molecule has 4 N–H and O–H groups in total. The quantitative estimate of drug-likeness (QED) is 0.557. The lowest BCUT2D eigenvalue weighted by Gasteiger charge is -2.35. The third-order valence-electron chi connectivity index (χ3n) is 3.81. The van der Waals surface area contributed by atoms with Crippen LogP contribution in [0.5, 0.6) is 5.75 Å². The van der Waals surface area contributed by atoms with Gasteiger partial charge >= 0.3 is 0 Å². The molecule has 7 heteroatoms. The average molecular weight is 334 g/mol. The molecule has 132 valence electrons. The molecule has 0 atom stereocenters. The van der Waals surface area contributed by atoms with Crippen molar-refractivity contribution >= 4 is 17.5 Å². The Hall–Kier alpha value is -2.28. The summed E-state index contributed by atoms with van der Waals surface area (Å²) >= 11 is 0. The number of rotatable bonds is 3. The molecule has 1 aliphatic heterocycles. The van der Waals surface area contributed by atoms with Crippen molar-refractivity contribution in [2.75, 3.05) is 38.5 Å². The number of carbonyl (C=O) groups is 2. The third kappa shape index (κ3) is 4.86. The first-order chi connectivity index (χ1) is 11.2. The monoisotopic (exact) mass is 334 g/mol. The summed E-state index contributed by atoms with van der Waals surface area (Å²) in [6, 6.07) is 4.37. The molecule has 2 amide bonds. The van der Waals surface area contributed by atoms with Crippen LogP contribution in [0.1, 0.15) is 31.1 Å². The summed E-state index contributed by atoms with van der Waals surface area (Å²) in [7, 11) is 0. The van der Waals surface area contributed by atoms with Crippen molar-refractivity contribution in [1.82, 2.24) is 15.1 Å². The summed E-state index contributed by atoms with van der Waals surface area (Å²) in [5, 5.41) is 12.5. The Morgan fingerprint density at radius 3 is 2.42 bits per heavy atom. The van der Waals surface area contributed by atoms with Crippen LogP contribution in [-0.4, -0.2) is 65.0 Å². The second kappa shape index (κ2) is 7.09. The number of phenols is 1. The molecule has 0 spiro atoms. The zero-order chi connectivity index (χ0) is 17.9. The average Bonchev–Trinajstić information content (AvgIpc) is 2.48. The number of hydrogen-bond acceptors (Lipinski definition) is 5. The zero-order valence-corrected chi connectivity index (χ0v) is 14.5. The van der Waals surface area contributed by atoms with Crippen LogP contribution >= 0.6 is 0 Å². The number of carbonyl (C=O) groups excluding carboxylic acids is 2. The van der Waals surface area contributed by atoms with Gasteiger partial charge in [0.15, 0.2) is 0 Å². The molecular weight excluding hydrogens is 308 g/mol. The van der Waals surface area contributed by atoms with Gasteiger partial charge in [-0.3, -0.25) is 14.5 Å². The molecule has 0 aromatic heterocycles. The van der Waals surface area contributed by atoms with Gasteiger partial charge in [-0.05, 0) is 39.0 Å². The summed E-state index contributed by atoms with van der Waals surface area (Å²) in [6.07, 6.45) is 0. The maximum atomic E-state index is 12.5. The highest BCUT2D eigenvalue weighted by Gasteiger charge is 2.25. The van der Waals surface area contributed by atoms with E-state index in [0.29, 0.717) is 44.0 Å². The predicted octanol–water partition coefficient (Wildman–Crippen LogP) is 0.647. The molecule has 1 aliphatic rings. The molecule has 1 aromatic rings. The standard InChI is InChI=1S/C17H26N4O3/c1-17(2,3)19-15(23)11-20-6-8-21(9-7-20)16(24)13-10-12(22)4-5-14(13)18/h4-5,10,22H,6-9,11,18H2,1-3H3,(H,19,23). The van der Waals surface area contributed by atoms with Crippen LogP contribution in [0, 0.1) is 0 Å². The van der Waals surface area contributed by atoms with Gasteiger partial charge in [0.2, 0.25) is 5.91 Å². The van der Waals surface area contributed by atoms with Gasteiger partial charge in [0.1, 0.15) is 5.75 Å². The van der Waals surface area contributed by atoms with Gasteiger partial charge < -0.3 is 21.1 Å². The molecule has 0 saturated carbocycles.